The number of nitrogens with zero attached hydrogens (tertiary/aromatic N) is 3. The van der Waals surface area contributed by atoms with Crippen LogP contribution in [0.2, 0.25) is 0 Å². The Morgan fingerprint density at radius 1 is 1.16 bits per heavy atom. The van der Waals surface area contributed by atoms with Gasteiger partial charge in [-0.2, -0.15) is 0 Å². The number of rotatable bonds is 8. The maximum atomic E-state index is 13.0. The molecule has 0 saturated heterocycles. The number of halogens is 1. The molecule has 164 valence electrons. The van der Waals surface area contributed by atoms with E-state index < -0.39 is 10.0 Å². The van der Waals surface area contributed by atoms with Gasteiger partial charge in [0.25, 0.3) is 5.91 Å². The van der Waals surface area contributed by atoms with E-state index in [4.69, 9.17) is 5.14 Å². The number of nitrogens with two attached hydrogens (primary N) is 1. The highest BCUT2D eigenvalue weighted by Gasteiger charge is 2.18. The van der Waals surface area contributed by atoms with E-state index in [1.165, 1.54) is 35.6 Å². The molecule has 0 aliphatic carbocycles. The summed E-state index contributed by atoms with van der Waals surface area (Å²) >= 11 is 1.19. The zero-order valence-electron chi connectivity index (χ0n) is 16.9. The smallest absolute Gasteiger partial charge is 0.282 e. The molecule has 31 heavy (non-hydrogen) atoms. The summed E-state index contributed by atoms with van der Waals surface area (Å²) in [6.45, 7) is 2.70. The lowest BCUT2D eigenvalue weighted by molar-refractivity contribution is 0.0950. The van der Waals surface area contributed by atoms with Crippen LogP contribution in [0.4, 0.5) is 4.39 Å². The van der Waals surface area contributed by atoms with Gasteiger partial charge >= 0.3 is 0 Å². The molecule has 0 aliphatic heterocycles. The number of amides is 1. The summed E-state index contributed by atoms with van der Waals surface area (Å²) in [4.78, 5) is 14.4. The van der Waals surface area contributed by atoms with Crippen molar-refractivity contribution in [3.05, 3.63) is 75.5 Å². The standard InChI is InChI=1S/C20H22FN5O3S2/c1-13(15-5-9-17(10-6-15)31(22,28)29)26(2)12-18-24-25-20(30-18)19(27)23-11-14-3-7-16(21)8-4-14/h3-10,13H,11-12H2,1-2H3,(H,23,27)(H2,22,28,29)/t13-/m1/s1. The lowest BCUT2D eigenvalue weighted by atomic mass is 10.1. The van der Waals surface area contributed by atoms with Crippen LogP contribution in [0.25, 0.3) is 0 Å². The van der Waals surface area contributed by atoms with Gasteiger partial charge < -0.3 is 5.32 Å². The Kier molecular flexibility index (Phi) is 7.11. The van der Waals surface area contributed by atoms with Crippen LogP contribution in [0.15, 0.2) is 53.4 Å². The molecule has 1 heterocycles. The first-order chi connectivity index (χ1) is 14.6. The van der Waals surface area contributed by atoms with Gasteiger partial charge in [0, 0.05) is 12.6 Å². The van der Waals surface area contributed by atoms with Crippen LogP contribution in [0.5, 0.6) is 0 Å². The second-order valence-corrected chi connectivity index (χ2v) is 9.64. The lowest BCUT2D eigenvalue weighted by Crippen LogP contribution is -2.22. The number of nitrogens with one attached hydrogen (secondary N) is 1. The zero-order chi connectivity index (χ0) is 22.6. The van der Waals surface area contributed by atoms with Crippen LogP contribution in [0.1, 0.15) is 38.9 Å². The maximum Gasteiger partial charge on any atom is 0.282 e. The number of carbonyl (C=O) groups excluding carboxylic acids is 1. The number of sulfonamides is 1. The van der Waals surface area contributed by atoms with E-state index >= 15 is 0 Å². The van der Waals surface area contributed by atoms with Gasteiger partial charge in [-0.25, -0.2) is 17.9 Å². The number of aromatic nitrogens is 2. The van der Waals surface area contributed by atoms with E-state index in [9.17, 15) is 17.6 Å². The van der Waals surface area contributed by atoms with Gasteiger partial charge in [-0.3, -0.25) is 9.69 Å². The topological polar surface area (TPSA) is 118 Å². The summed E-state index contributed by atoms with van der Waals surface area (Å²) in [7, 11) is -1.83. The van der Waals surface area contributed by atoms with E-state index in [0.717, 1.165) is 11.1 Å². The quantitative estimate of drug-likeness (QED) is 0.530. The third kappa shape index (κ3) is 6.14. The summed E-state index contributed by atoms with van der Waals surface area (Å²) in [6.07, 6.45) is 0. The summed E-state index contributed by atoms with van der Waals surface area (Å²) in [6, 6.07) is 12.2. The number of carbonyl (C=O) groups is 1. The first-order valence-corrected chi connectivity index (χ1v) is 11.7. The van der Waals surface area contributed by atoms with Crippen molar-refractivity contribution < 1.29 is 17.6 Å². The Labute approximate surface area is 184 Å². The summed E-state index contributed by atoms with van der Waals surface area (Å²) in [5, 5.41) is 16.8. The highest BCUT2D eigenvalue weighted by Crippen LogP contribution is 2.23. The van der Waals surface area contributed by atoms with Gasteiger partial charge in [0.05, 0.1) is 11.4 Å². The Hall–Kier alpha value is -2.73. The Morgan fingerprint density at radius 2 is 1.81 bits per heavy atom. The molecule has 0 bridgehead atoms. The summed E-state index contributed by atoms with van der Waals surface area (Å²) in [5.74, 6) is -0.676. The fraction of sp³-hybridized carbons (Fsp3) is 0.250. The van der Waals surface area contributed by atoms with Crippen molar-refractivity contribution >= 4 is 27.3 Å². The van der Waals surface area contributed by atoms with Gasteiger partial charge in [-0.1, -0.05) is 35.6 Å². The van der Waals surface area contributed by atoms with Crippen molar-refractivity contribution in [3.63, 3.8) is 0 Å². The van der Waals surface area contributed by atoms with Crippen molar-refractivity contribution in [3.8, 4) is 0 Å². The van der Waals surface area contributed by atoms with Crippen molar-refractivity contribution in [1.29, 1.82) is 0 Å². The molecule has 0 unspecified atom stereocenters. The third-order valence-corrected chi connectivity index (χ3v) is 6.60. The van der Waals surface area contributed by atoms with Gasteiger partial charge in [0.1, 0.15) is 10.8 Å². The van der Waals surface area contributed by atoms with E-state index in [1.54, 1.807) is 24.3 Å². The molecule has 0 saturated carbocycles. The lowest BCUT2D eigenvalue weighted by Gasteiger charge is -2.24. The van der Waals surface area contributed by atoms with Crippen LogP contribution in [0, 0.1) is 5.82 Å². The van der Waals surface area contributed by atoms with E-state index in [0.29, 0.717) is 11.6 Å². The van der Waals surface area contributed by atoms with E-state index in [2.05, 4.69) is 15.5 Å². The Balaban J connectivity index is 1.57. The predicted octanol–water partition coefficient (Wildman–Crippen LogP) is 2.45. The SMILES string of the molecule is C[C@H](c1ccc(S(N)(=O)=O)cc1)N(C)Cc1nnc(C(=O)NCc2ccc(F)cc2)s1. The Morgan fingerprint density at radius 3 is 2.42 bits per heavy atom. The van der Waals surface area contributed by atoms with Gasteiger partial charge in [0.15, 0.2) is 0 Å². The average Bonchev–Trinajstić information content (AvgIpc) is 3.20. The predicted molar refractivity (Wildman–Crippen MR) is 115 cm³/mol. The fourth-order valence-electron chi connectivity index (χ4n) is 2.81. The first-order valence-electron chi connectivity index (χ1n) is 9.31. The summed E-state index contributed by atoms with van der Waals surface area (Å²) < 4.78 is 35.7. The molecular formula is C20H22FN5O3S2. The second kappa shape index (κ2) is 9.60. The minimum Gasteiger partial charge on any atom is -0.346 e. The molecule has 3 N–H and O–H groups in total. The largest absolute Gasteiger partial charge is 0.346 e. The molecule has 3 aromatic rings. The maximum absolute atomic E-state index is 13.0. The minimum absolute atomic E-state index is 0.0332. The Bertz CT molecular complexity index is 1150. The highest BCUT2D eigenvalue weighted by atomic mass is 32.2. The van der Waals surface area contributed by atoms with Gasteiger partial charge in [-0.15, -0.1) is 10.2 Å². The summed E-state index contributed by atoms with van der Waals surface area (Å²) in [5.41, 5.74) is 1.69. The van der Waals surface area contributed by atoms with Crippen LogP contribution >= 0.6 is 11.3 Å². The molecule has 1 amide bonds. The molecule has 3 rings (SSSR count). The first kappa shape index (κ1) is 22.9. The fourth-order valence-corrected chi connectivity index (χ4v) is 4.15. The zero-order valence-corrected chi connectivity index (χ0v) is 18.6. The molecule has 8 nitrogen and oxygen atoms in total. The van der Waals surface area contributed by atoms with Crippen molar-refractivity contribution in [2.24, 2.45) is 5.14 Å². The number of primary sulfonamides is 1. The van der Waals surface area contributed by atoms with Crippen LogP contribution < -0.4 is 10.5 Å². The van der Waals surface area contributed by atoms with Crippen LogP contribution in [0.3, 0.4) is 0 Å². The molecule has 1 atom stereocenters. The third-order valence-electron chi connectivity index (χ3n) is 4.76. The molecule has 0 spiro atoms. The van der Waals surface area contributed by atoms with Crippen LogP contribution in [-0.2, 0) is 23.1 Å². The number of benzene rings is 2. The van der Waals surface area contributed by atoms with E-state index in [-0.39, 0.29) is 34.2 Å². The highest BCUT2D eigenvalue weighted by molar-refractivity contribution is 7.89. The molecular weight excluding hydrogens is 441 g/mol. The van der Waals surface area contributed by atoms with Gasteiger partial charge in [-0.05, 0) is 49.4 Å². The molecule has 1 aromatic heterocycles. The van der Waals surface area contributed by atoms with Crippen LogP contribution in [-0.4, -0.2) is 36.5 Å². The minimum atomic E-state index is -3.73. The molecule has 0 fully saturated rings. The average molecular weight is 464 g/mol. The second-order valence-electron chi connectivity index (χ2n) is 7.02. The molecule has 2 aromatic carbocycles. The number of hydrogen-bond acceptors (Lipinski definition) is 7. The molecule has 0 radical (unpaired) electrons. The van der Waals surface area contributed by atoms with Crippen molar-refractivity contribution in [1.82, 2.24) is 20.4 Å². The normalized spacial score (nSPS) is 12.7. The van der Waals surface area contributed by atoms with Gasteiger partial charge in [0.2, 0.25) is 15.0 Å². The van der Waals surface area contributed by atoms with Crippen molar-refractivity contribution in [2.75, 3.05) is 7.05 Å². The molecule has 0 aliphatic rings. The van der Waals surface area contributed by atoms with E-state index in [1.807, 2.05) is 18.9 Å². The number of hydrogen-bond donors (Lipinski definition) is 2. The molecule has 11 heteroatoms. The van der Waals surface area contributed by atoms with Crippen molar-refractivity contribution in [2.45, 2.75) is 31.0 Å². The monoisotopic (exact) mass is 463 g/mol.